The van der Waals surface area contributed by atoms with Gasteiger partial charge >= 0.3 is 0 Å². The van der Waals surface area contributed by atoms with Crippen LogP contribution in [0.4, 0.5) is 0 Å². The molecule has 0 bridgehead atoms. The third-order valence-electron chi connectivity index (χ3n) is 4.88. The summed E-state index contributed by atoms with van der Waals surface area (Å²) in [5.74, 6) is 0.966. The summed E-state index contributed by atoms with van der Waals surface area (Å²) in [4.78, 5) is 0. The highest BCUT2D eigenvalue weighted by Crippen LogP contribution is 2.41. The molecular formula is C17H24O3. The highest BCUT2D eigenvalue weighted by atomic mass is 16.5. The van der Waals surface area contributed by atoms with Crippen LogP contribution < -0.4 is 4.74 Å². The van der Waals surface area contributed by atoms with Crippen molar-refractivity contribution in [3.63, 3.8) is 0 Å². The number of fused-ring (bicyclic) bond motifs is 1. The second-order valence-corrected chi connectivity index (χ2v) is 6.05. The minimum absolute atomic E-state index is 0.413. The van der Waals surface area contributed by atoms with E-state index in [4.69, 9.17) is 9.47 Å². The van der Waals surface area contributed by atoms with E-state index in [0.29, 0.717) is 0 Å². The highest BCUT2D eigenvalue weighted by molar-refractivity contribution is 5.41. The number of rotatable bonds is 3. The van der Waals surface area contributed by atoms with Gasteiger partial charge in [-0.25, -0.2) is 0 Å². The Morgan fingerprint density at radius 3 is 2.65 bits per heavy atom. The molecule has 0 saturated heterocycles. The van der Waals surface area contributed by atoms with Crippen LogP contribution in [0.3, 0.4) is 0 Å². The molecule has 110 valence electrons. The van der Waals surface area contributed by atoms with Gasteiger partial charge in [0, 0.05) is 13.5 Å². The van der Waals surface area contributed by atoms with Gasteiger partial charge in [-0.2, -0.15) is 0 Å². The molecule has 2 aliphatic rings. The molecule has 3 heteroatoms. The zero-order valence-electron chi connectivity index (χ0n) is 12.2. The average Bonchev–Trinajstić information content (AvgIpc) is 2.81. The molecule has 1 aromatic carbocycles. The Hall–Kier alpha value is -1.06. The molecule has 1 atom stereocenters. The fourth-order valence-corrected chi connectivity index (χ4v) is 3.60. The number of benzene rings is 1. The van der Waals surface area contributed by atoms with Gasteiger partial charge in [0.15, 0.2) is 0 Å². The van der Waals surface area contributed by atoms with Crippen LogP contribution in [0.2, 0.25) is 0 Å². The molecule has 1 unspecified atom stereocenters. The van der Waals surface area contributed by atoms with Crippen LogP contribution in [0.15, 0.2) is 18.2 Å². The normalized spacial score (nSPS) is 22.7. The van der Waals surface area contributed by atoms with Crippen LogP contribution in [0.25, 0.3) is 0 Å². The van der Waals surface area contributed by atoms with Gasteiger partial charge in [-0.15, -0.1) is 0 Å². The molecule has 1 aliphatic heterocycles. The molecule has 0 amide bonds. The van der Waals surface area contributed by atoms with Crippen molar-refractivity contribution in [3.8, 4) is 5.75 Å². The molecule has 0 spiro atoms. The highest BCUT2D eigenvalue weighted by Gasteiger charge is 2.39. The minimum Gasteiger partial charge on any atom is -0.493 e. The first-order chi connectivity index (χ1) is 9.75. The monoisotopic (exact) mass is 276 g/mol. The van der Waals surface area contributed by atoms with Gasteiger partial charge < -0.3 is 14.6 Å². The summed E-state index contributed by atoms with van der Waals surface area (Å²) < 4.78 is 11.4. The zero-order valence-corrected chi connectivity index (χ0v) is 12.2. The van der Waals surface area contributed by atoms with E-state index in [-0.39, 0.29) is 0 Å². The van der Waals surface area contributed by atoms with E-state index in [9.17, 15) is 5.11 Å². The van der Waals surface area contributed by atoms with E-state index in [1.807, 2.05) is 12.1 Å². The lowest BCUT2D eigenvalue weighted by Gasteiger charge is -2.36. The Morgan fingerprint density at radius 2 is 1.95 bits per heavy atom. The van der Waals surface area contributed by atoms with Crippen molar-refractivity contribution in [3.05, 3.63) is 29.3 Å². The maximum atomic E-state index is 10.9. The van der Waals surface area contributed by atoms with Crippen LogP contribution in [0.5, 0.6) is 5.75 Å². The van der Waals surface area contributed by atoms with Crippen molar-refractivity contribution in [2.45, 2.75) is 56.7 Å². The van der Waals surface area contributed by atoms with Crippen molar-refractivity contribution in [2.24, 2.45) is 0 Å². The van der Waals surface area contributed by atoms with Gasteiger partial charge in [0.1, 0.15) is 11.9 Å². The molecule has 0 radical (unpaired) electrons. The molecule has 20 heavy (non-hydrogen) atoms. The van der Waals surface area contributed by atoms with Crippen molar-refractivity contribution in [2.75, 3.05) is 13.7 Å². The summed E-state index contributed by atoms with van der Waals surface area (Å²) in [5.41, 5.74) is 1.77. The number of aliphatic hydroxyl groups excluding tert-OH is 1. The standard InChI is InChI=1S/C17H24O3/c1-19-17(9-4-2-3-5-10-17)16(18)14-6-7-15-13(12-14)8-11-20-15/h6-7,12,16,18H,2-5,8-11H2,1H3. The van der Waals surface area contributed by atoms with Gasteiger partial charge in [0.25, 0.3) is 0 Å². The predicted octanol–water partition coefficient (Wildman–Crippen LogP) is 3.39. The first-order valence-electron chi connectivity index (χ1n) is 7.74. The van der Waals surface area contributed by atoms with Crippen molar-refractivity contribution in [1.82, 2.24) is 0 Å². The molecule has 0 aromatic heterocycles. The summed E-state index contributed by atoms with van der Waals surface area (Å²) in [6.45, 7) is 0.754. The van der Waals surface area contributed by atoms with Gasteiger partial charge in [-0.3, -0.25) is 0 Å². The second-order valence-electron chi connectivity index (χ2n) is 6.05. The van der Waals surface area contributed by atoms with E-state index in [1.54, 1.807) is 7.11 Å². The lowest BCUT2D eigenvalue weighted by atomic mass is 9.84. The summed E-state index contributed by atoms with van der Waals surface area (Å²) in [5, 5.41) is 10.9. The Balaban J connectivity index is 1.87. The molecule has 1 aromatic rings. The van der Waals surface area contributed by atoms with E-state index in [1.165, 1.54) is 18.4 Å². The number of hydrogen-bond donors (Lipinski definition) is 1. The molecular weight excluding hydrogens is 252 g/mol. The van der Waals surface area contributed by atoms with Crippen LogP contribution in [-0.2, 0) is 11.2 Å². The Morgan fingerprint density at radius 1 is 1.20 bits per heavy atom. The van der Waals surface area contributed by atoms with E-state index >= 15 is 0 Å². The van der Waals surface area contributed by atoms with Crippen molar-refractivity contribution < 1.29 is 14.6 Å². The quantitative estimate of drug-likeness (QED) is 0.860. The molecule has 3 rings (SSSR count). The first kappa shape index (κ1) is 13.9. The molecule has 1 aliphatic carbocycles. The maximum Gasteiger partial charge on any atom is 0.122 e. The Bertz CT molecular complexity index is 461. The van der Waals surface area contributed by atoms with Crippen LogP contribution in [-0.4, -0.2) is 24.4 Å². The Labute approximate surface area is 120 Å². The third-order valence-corrected chi connectivity index (χ3v) is 4.88. The first-order valence-corrected chi connectivity index (χ1v) is 7.74. The molecule has 1 heterocycles. The lowest BCUT2D eigenvalue weighted by Crippen LogP contribution is -2.38. The number of hydrogen-bond acceptors (Lipinski definition) is 3. The lowest BCUT2D eigenvalue weighted by molar-refractivity contribution is -0.114. The van der Waals surface area contributed by atoms with Crippen LogP contribution >= 0.6 is 0 Å². The largest absolute Gasteiger partial charge is 0.493 e. The summed E-state index contributed by atoms with van der Waals surface area (Å²) >= 11 is 0. The average molecular weight is 276 g/mol. The van der Waals surface area contributed by atoms with Gasteiger partial charge in [-0.05, 0) is 36.1 Å². The molecule has 1 N–H and O–H groups in total. The topological polar surface area (TPSA) is 38.7 Å². The van der Waals surface area contributed by atoms with E-state index in [2.05, 4.69) is 6.07 Å². The number of aliphatic hydroxyl groups is 1. The maximum absolute atomic E-state index is 10.9. The fourth-order valence-electron chi connectivity index (χ4n) is 3.60. The van der Waals surface area contributed by atoms with Gasteiger partial charge in [0.05, 0.1) is 12.2 Å². The number of ether oxygens (including phenoxy) is 2. The van der Waals surface area contributed by atoms with Gasteiger partial charge in [0.2, 0.25) is 0 Å². The van der Waals surface area contributed by atoms with Crippen molar-refractivity contribution >= 4 is 0 Å². The van der Waals surface area contributed by atoms with E-state index < -0.39 is 11.7 Å². The molecule has 3 nitrogen and oxygen atoms in total. The minimum atomic E-state index is -0.545. The summed E-state index contributed by atoms with van der Waals surface area (Å²) in [6.07, 6.45) is 7.05. The smallest absolute Gasteiger partial charge is 0.122 e. The zero-order chi connectivity index (χ0) is 14.0. The molecule has 1 saturated carbocycles. The predicted molar refractivity (Wildman–Crippen MR) is 78.0 cm³/mol. The van der Waals surface area contributed by atoms with Crippen molar-refractivity contribution in [1.29, 1.82) is 0 Å². The molecule has 1 fully saturated rings. The SMILES string of the molecule is COC1(C(O)c2ccc3c(c2)CCO3)CCCCCC1. The Kier molecular flexibility index (Phi) is 3.99. The summed E-state index contributed by atoms with van der Waals surface area (Å²) in [7, 11) is 1.74. The second kappa shape index (κ2) is 5.74. The fraction of sp³-hybridized carbons (Fsp3) is 0.647. The summed E-state index contributed by atoms with van der Waals surface area (Å²) in [6, 6.07) is 6.07. The number of methoxy groups -OCH3 is 1. The van der Waals surface area contributed by atoms with E-state index in [0.717, 1.165) is 50.0 Å². The van der Waals surface area contributed by atoms with Gasteiger partial charge in [-0.1, -0.05) is 31.7 Å². The third kappa shape index (κ3) is 2.45. The van der Waals surface area contributed by atoms with Crippen LogP contribution in [0.1, 0.15) is 55.8 Å². The van der Waals surface area contributed by atoms with Crippen LogP contribution in [0, 0.1) is 0 Å².